The Morgan fingerprint density at radius 2 is 2.11 bits per heavy atom. The van der Waals surface area contributed by atoms with Crippen molar-refractivity contribution in [3.8, 4) is 0 Å². The summed E-state index contributed by atoms with van der Waals surface area (Å²) in [5.74, 6) is 0. The maximum absolute atomic E-state index is 5.76. The zero-order valence-electron chi connectivity index (χ0n) is 12.4. The Balaban J connectivity index is 2.29. The lowest BCUT2D eigenvalue weighted by Gasteiger charge is -2.36. The fourth-order valence-corrected chi connectivity index (χ4v) is 2.63. The minimum atomic E-state index is 0.00602. The van der Waals surface area contributed by atoms with Crippen LogP contribution in [0.2, 0.25) is 0 Å². The summed E-state index contributed by atoms with van der Waals surface area (Å²) < 4.78 is 0. The summed E-state index contributed by atoms with van der Waals surface area (Å²) in [5, 5.41) is 0. The molecule has 2 N–H and O–H groups in total. The number of hydrogen-bond acceptors (Lipinski definition) is 3. The number of piperidine rings is 1. The average Bonchev–Trinajstić information content (AvgIpc) is 2.29. The van der Waals surface area contributed by atoms with Crippen LogP contribution in [0.4, 0.5) is 0 Å². The van der Waals surface area contributed by atoms with E-state index in [-0.39, 0.29) is 5.41 Å². The van der Waals surface area contributed by atoms with Crippen molar-refractivity contribution in [3.05, 3.63) is 0 Å². The molecule has 1 saturated heterocycles. The normalized spacial score (nSPS) is 22.4. The third-order valence-electron chi connectivity index (χ3n) is 4.15. The summed E-state index contributed by atoms with van der Waals surface area (Å²) in [7, 11) is 4.37. The summed E-state index contributed by atoms with van der Waals surface area (Å²) in [6.07, 6.45) is 4.93. The van der Waals surface area contributed by atoms with E-state index in [1.54, 1.807) is 0 Å². The van der Waals surface area contributed by atoms with Crippen molar-refractivity contribution >= 4 is 17.2 Å². The third-order valence-corrected chi connectivity index (χ3v) is 4.71. The first-order valence-corrected chi connectivity index (χ1v) is 7.42. The quantitative estimate of drug-likeness (QED) is 0.750. The number of hydrogen-bond donors (Lipinski definition) is 1. The number of likely N-dealkylation sites (tertiary alicyclic amines) is 1. The first-order valence-electron chi connectivity index (χ1n) is 7.01. The monoisotopic (exact) mass is 271 g/mol. The van der Waals surface area contributed by atoms with Crippen molar-refractivity contribution in [2.24, 2.45) is 11.1 Å². The van der Waals surface area contributed by atoms with E-state index in [1.807, 2.05) is 0 Å². The molecule has 1 unspecified atom stereocenters. The molecule has 3 nitrogen and oxygen atoms in total. The van der Waals surface area contributed by atoms with E-state index in [2.05, 4.69) is 37.7 Å². The highest BCUT2D eigenvalue weighted by molar-refractivity contribution is 7.80. The first kappa shape index (κ1) is 15.9. The van der Waals surface area contributed by atoms with E-state index in [0.29, 0.717) is 4.99 Å². The van der Waals surface area contributed by atoms with Gasteiger partial charge in [-0.15, -0.1) is 0 Å². The maximum Gasteiger partial charge on any atom is 0.0784 e. The molecule has 1 aliphatic rings. The number of likely N-dealkylation sites (N-methyl/N-ethyl adjacent to an activating group) is 1. The molecule has 18 heavy (non-hydrogen) atoms. The molecule has 1 heterocycles. The number of rotatable bonds is 6. The van der Waals surface area contributed by atoms with Crippen LogP contribution in [0.15, 0.2) is 0 Å². The van der Waals surface area contributed by atoms with Gasteiger partial charge in [-0.1, -0.05) is 26.1 Å². The van der Waals surface area contributed by atoms with E-state index < -0.39 is 0 Å². The van der Waals surface area contributed by atoms with Crippen molar-refractivity contribution in [1.29, 1.82) is 0 Å². The van der Waals surface area contributed by atoms with Gasteiger partial charge in [0.25, 0.3) is 0 Å². The predicted molar refractivity (Wildman–Crippen MR) is 82.9 cm³/mol. The molecule has 0 radical (unpaired) electrons. The second-order valence-corrected chi connectivity index (χ2v) is 6.85. The largest absolute Gasteiger partial charge is 0.393 e. The van der Waals surface area contributed by atoms with Crippen LogP contribution in [0.25, 0.3) is 0 Å². The van der Waals surface area contributed by atoms with Gasteiger partial charge in [-0.05, 0) is 52.9 Å². The summed E-state index contributed by atoms with van der Waals surface area (Å²) in [5.41, 5.74) is 5.77. The van der Waals surface area contributed by atoms with Gasteiger partial charge in [-0.3, -0.25) is 0 Å². The molecule has 0 saturated carbocycles. The fraction of sp³-hybridized carbons (Fsp3) is 0.929. The molecule has 0 aliphatic carbocycles. The van der Waals surface area contributed by atoms with Crippen LogP contribution in [-0.4, -0.2) is 54.6 Å². The molecule has 1 fully saturated rings. The Morgan fingerprint density at radius 3 is 2.67 bits per heavy atom. The van der Waals surface area contributed by atoms with E-state index in [0.717, 1.165) is 12.5 Å². The molecular formula is C14H29N3S. The zero-order chi connectivity index (χ0) is 13.8. The first-order chi connectivity index (χ1) is 8.33. The van der Waals surface area contributed by atoms with E-state index in [1.165, 1.54) is 38.9 Å². The standard InChI is InChI=1S/C14H29N3S/c1-14(2,13(15)18)8-6-10-17-9-5-7-12(11-17)16(3)4/h12H,5-11H2,1-4H3,(H2,15,18). The molecule has 0 aromatic heterocycles. The van der Waals surface area contributed by atoms with Crippen molar-refractivity contribution in [2.45, 2.75) is 45.6 Å². The van der Waals surface area contributed by atoms with Crippen LogP contribution in [0, 0.1) is 5.41 Å². The van der Waals surface area contributed by atoms with E-state index in [9.17, 15) is 0 Å². The van der Waals surface area contributed by atoms with Gasteiger partial charge in [0.2, 0.25) is 0 Å². The van der Waals surface area contributed by atoms with Crippen LogP contribution >= 0.6 is 12.2 Å². The molecule has 1 aliphatic heterocycles. The average molecular weight is 271 g/mol. The maximum atomic E-state index is 5.76. The second kappa shape index (κ2) is 6.83. The second-order valence-electron chi connectivity index (χ2n) is 6.41. The van der Waals surface area contributed by atoms with Gasteiger partial charge in [0.05, 0.1) is 4.99 Å². The van der Waals surface area contributed by atoms with Crippen LogP contribution < -0.4 is 5.73 Å². The SMILES string of the molecule is CN(C)C1CCCN(CCCC(C)(C)C(N)=S)C1. The Bertz CT molecular complexity index is 276. The van der Waals surface area contributed by atoms with Gasteiger partial charge in [-0.25, -0.2) is 0 Å². The molecular weight excluding hydrogens is 242 g/mol. The van der Waals surface area contributed by atoms with Gasteiger partial charge in [0.15, 0.2) is 0 Å². The van der Waals surface area contributed by atoms with E-state index in [4.69, 9.17) is 18.0 Å². The van der Waals surface area contributed by atoms with Crippen LogP contribution in [0.3, 0.4) is 0 Å². The van der Waals surface area contributed by atoms with Crippen molar-refractivity contribution in [1.82, 2.24) is 9.80 Å². The highest BCUT2D eigenvalue weighted by Gasteiger charge is 2.23. The Labute approximate surface area is 118 Å². The molecule has 0 aromatic carbocycles. The molecule has 1 atom stereocenters. The lowest BCUT2D eigenvalue weighted by atomic mass is 9.87. The van der Waals surface area contributed by atoms with Gasteiger partial charge < -0.3 is 15.5 Å². The molecule has 1 rings (SSSR count). The van der Waals surface area contributed by atoms with Crippen LogP contribution in [0.1, 0.15) is 39.5 Å². The minimum Gasteiger partial charge on any atom is -0.393 e. The minimum absolute atomic E-state index is 0.00602. The van der Waals surface area contributed by atoms with Crippen LogP contribution in [-0.2, 0) is 0 Å². The Kier molecular flexibility index (Phi) is 6.02. The molecule has 0 spiro atoms. The van der Waals surface area contributed by atoms with Crippen LogP contribution in [0.5, 0.6) is 0 Å². The number of nitrogens with two attached hydrogens (primary N) is 1. The van der Waals surface area contributed by atoms with Gasteiger partial charge >= 0.3 is 0 Å². The van der Waals surface area contributed by atoms with Crippen molar-refractivity contribution < 1.29 is 0 Å². The lowest BCUT2D eigenvalue weighted by Crippen LogP contribution is -2.45. The highest BCUT2D eigenvalue weighted by atomic mass is 32.1. The van der Waals surface area contributed by atoms with Gasteiger partial charge in [0.1, 0.15) is 0 Å². The highest BCUT2D eigenvalue weighted by Crippen LogP contribution is 2.23. The topological polar surface area (TPSA) is 32.5 Å². The van der Waals surface area contributed by atoms with E-state index >= 15 is 0 Å². The van der Waals surface area contributed by atoms with Gasteiger partial charge in [-0.2, -0.15) is 0 Å². The molecule has 0 aromatic rings. The Morgan fingerprint density at radius 1 is 1.44 bits per heavy atom. The number of nitrogens with zero attached hydrogens (tertiary/aromatic N) is 2. The summed E-state index contributed by atoms with van der Waals surface area (Å²) in [6.45, 7) is 7.93. The summed E-state index contributed by atoms with van der Waals surface area (Å²) in [6, 6.07) is 0.724. The zero-order valence-corrected chi connectivity index (χ0v) is 13.2. The van der Waals surface area contributed by atoms with Gasteiger partial charge in [0, 0.05) is 18.0 Å². The molecule has 0 amide bonds. The Hall–Kier alpha value is -0.190. The summed E-state index contributed by atoms with van der Waals surface area (Å²) in [4.78, 5) is 5.59. The summed E-state index contributed by atoms with van der Waals surface area (Å²) >= 11 is 5.11. The molecule has 106 valence electrons. The predicted octanol–water partition coefficient (Wildman–Crippen LogP) is 2.10. The smallest absolute Gasteiger partial charge is 0.0784 e. The molecule has 4 heteroatoms. The number of thiocarbonyl (C=S) groups is 1. The molecule has 0 bridgehead atoms. The lowest BCUT2D eigenvalue weighted by molar-refractivity contribution is 0.130. The fourth-order valence-electron chi connectivity index (χ4n) is 2.52. The van der Waals surface area contributed by atoms with Crippen molar-refractivity contribution in [2.75, 3.05) is 33.7 Å². The van der Waals surface area contributed by atoms with Crippen molar-refractivity contribution in [3.63, 3.8) is 0 Å². The third kappa shape index (κ3) is 4.82.